The van der Waals surface area contributed by atoms with Crippen molar-refractivity contribution in [3.8, 4) is 5.75 Å². The third kappa shape index (κ3) is 3.49. The fourth-order valence-electron chi connectivity index (χ4n) is 1.69. The van der Waals surface area contributed by atoms with Gasteiger partial charge in [0.05, 0.1) is 23.8 Å². The van der Waals surface area contributed by atoms with E-state index in [0.717, 1.165) is 15.5 Å². The van der Waals surface area contributed by atoms with Gasteiger partial charge in [-0.05, 0) is 30.7 Å². The molecule has 1 aromatic heterocycles. The molecule has 0 saturated heterocycles. The molecular weight excluding hydrogens is 258 g/mol. The van der Waals surface area contributed by atoms with Crippen molar-refractivity contribution >= 4 is 11.8 Å². The molecule has 19 heavy (non-hydrogen) atoms. The first-order valence-corrected chi connectivity index (χ1v) is 7.01. The van der Waals surface area contributed by atoms with Crippen LogP contribution in [0.25, 0.3) is 0 Å². The Morgan fingerprint density at radius 1 is 1.26 bits per heavy atom. The third-order valence-corrected chi connectivity index (χ3v) is 3.82. The number of para-hydroxylation sites is 1. The van der Waals surface area contributed by atoms with E-state index in [1.165, 1.54) is 0 Å². The van der Waals surface area contributed by atoms with Crippen LogP contribution in [0.1, 0.15) is 25.1 Å². The minimum Gasteiger partial charge on any atom is -0.496 e. The average molecular weight is 275 g/mol. The van der Waals surface area contributed by atoms with Gasteiger partial charge in [-0.15, -0.1) is 0 Å². The summed E-state index contributed by atoms with van der Waals surface area (Å²) in [6.07, 6.45) is 1.97. The van der Waals surface area contributed by atoms with Crippen molar-refractivity contribution in [1.82, 2.24) is 4.98 Å². The molecule has 0 spiro atoms. The van der Waals surface area contributed by atoms with Crippen LogP contribution in [0, 0.1) is 0 Å². The quantitative estimate of drug-likeness (QED) is 0.903. The Kier molecular flexibility index (Phi) is 4.82. The summed E-state index contributed by atoms with van der Waals surface area (Å²) in [6.45, 7) is 1.93. The molecule has 3 nitrogen and oxygen atoms in total. The highest BCUT2D eigenvalue weighted by atomic mass is 32.2. The minimum atomic E-state index is -0.481. The largest absolute Gasteiger partial charge is 0.496 e. The second kappa shape index (κ2) is 6.59. The maximum atomic E-state index is 9.70. The summed E-state index contributed by atoms with van der Waals surface area (Å²) in [5.41, 5.74) is 0.715. The number of rotatable bonds is 5. The lowest BCUT2D eigenvalue weighted by atomic mass is 10.2. The van der Waals surface area contributed by atoms with Crippen LogP contribution in [0.4, 0.5) is 0 Å². The van der Waals surface area contributed by atoms with Gasteiger partial charge in [-0.1, -0.05) is 30.8 Å². The molecule has 2 rings (SSSR count). The monoisotopic (exact) mass is 275 g/mol. The summed E-state index contributed by atoms with van der Waals surface area (Å²) < 4.78 is 5.32. The molecule has 0 radical (unpaired) electrons. The predicted molar refractivity (Wildman–Crippen MR) is 76.6 cm³/mol. The van der Waals surface area contributed by atoms with Crippen LogP contribution in [0.2, 0.25) is 0 Å². The van der Waals surface area contributed by atoms with E-state index in [-0.39, 0.29) is 0 Å². The highest BCUT2D eigenvalue weighted by Crippen LogP contribution is 2.34. The van der Waals surface area contributed by atoms with Crippen molar-refractivity contribution in [2.24, 2.45) is 0 Å². The zero-order valence-corrected chi connectivity index (χ0v) is 11.9. The Morgan fingerprint density at radius 3 is 2.68 bits per heavy atom. The lowest BCUT2D eigenvalue weighted by Crippen LogP contribution is -1.97. The summed E-state index contributed by atoms with van der Waals surface area (Å²) in [6, 6.07) is 11.7. The predicted octanol–water partition coefficient (Wildman–Crippen LogP) is 3.68. The van der Waals surface area contributed by atoms with Gasteiger partial charge in [0, 0.05) is 11.1 Å². The van der Waals surface area contributed by atoms with Crippen LogP contribution in [-0.2, 0) is 0 Å². The number of hydrogen-bond donors (Lipinski definition) is 1. The summed E-state index contributed by atoms with van der Waals surface area (Å²) >= 11 is 1.60. The first-order valence-electron chi connectivity index (χ1n) is 6.19. The highest BCUT2D eigenvalue weighted by Gasteiger charge is 2.08. The highest BCUT2D eigenvalue weighted by molar-refractivity contribution is 7.99. The fourth-order valence-corrected chi connectivity index (χ4v) is 2.58. The van der Waals surface area contributed by atoms with E-state index in [1.54, 1.807) is 25.1 Å². The zero-order chi connectivity index (χ0) is 13.7. The molecular formula is C15H17NO2S. The van der Waals surface area contributed by atoms with Crippen LogP contribution >= 0.6 is 11.8 Å². The number of aromatic nitrogens is 1. The summed E-state index contributed by atoms with van der Waals surface area (Å²) in [4.78, 5) is 6.37. The van der Waals surface area contributed by atoms with Gasteiger partial charge in [0.25, 0.3) is 0 Å². The smallest absolute Gasteiger partial charge is 0.132 e. The van der Waals surface area contributed by atoms with Crippen molar-refractivity contribution in [2.45, 2.75) is 29.2 Å². The first-order chi connectivity index (χ1) is 9.24. The first kappa shape index (κ1) is 13.9. The average Bonchev–Trinajstić information content (AvgIpc) is 2.48. The molecule has 0 unspecified atom stereocenters. The topological polar surface area (TPSA) is 42.4 Å². The van der Waals surface area contributed by atoms with Crippen molar-refractivity contribution < 1.29 is 9.84 Å². The number of aliphatic hydroxyl groups excluding tert-OH is 1. The van der Waals surface area contributed by atoms with Crippen LogP contribution in [0.15, 0.2) is 52.4 Å². The zero-order valence-electron chi connectivity index (χ0n) is 11.0. The van der Waals surface area contributed by atoms with Gasteiger partial charge in [-0.25, -0.2) is 0 Å². The van der Waals surface area contributed by atoms with E-state index in [0.29, 0.717) is 12.1 Å². The summed E-state index contributed by atoms with van der Waals surface area (Å²) in [5.74, 6) is 0.852. The Labute approximate surface area is 117 Å². The van der Waals surface area contributed by atoms with Crippen molar-refractivity contribution in [2.75, 3.05) is 7.11 Å². The molecule has 1 aromatic carbocycles. The van der Waals surface area contributed by atoms with Crippen molar-refractivity contribution in [3.05, 3.63) is 48.3 Å². The van der Waals surface area contributed by atoms with Gasteiger partial charge in [0.15, 0.2) is 0 Å². The van der Waals surface area contributed by atoms with Crippen LogP contribution in [0.3, 0.4) is 0 Å². The summed E-state index contributed by atoms with van der Waals surface area (Å²) in [5, 5.41) is 9.70. The van der Waals surface area contributed by atoms with E-state index in [1.807, 2.05) is 43.3 Å². The second-order valence-electron chi connectivity index (χ2n) is 4.10. The summed E-state index contributed by atoms with van der Waals surface area (Å²) in [7, 11) is 1.67. The SMILES string of the molecule is CC[C@@H](O)c1ccc(Sc2ccccc2OC)cn1. The number of hydrogen-bond acceptors (Lipinski definition) is 4. The molecule has 100 valence electrons. The molecule has 2 aromatic rings. The lowest BCUT2D eigenvalue weighted by Gasteiger charge is -2.09. The number of methoxy groups -OCH3 is 1. The van der Waals surface area contributed by atoms with Gasteiger partial charge < -0.3 is 9.84 Å². The molecule has 0 amide bonds. The lowest BCUT2D eigenvalue weighted by molar-refractivity contribution is 0.169. The minimum absolute atomic E-state index is 0.481. The van der Waals surface area contributed by atoms with Gasteiger partial charge in [0.2, 0.25) is 0 Å². The normalized spacial score (nSPS) is 12.2. The molecule has 0 fully saturated rings. The van der Waals surface area contributed by atoms with E-state index in [2.05, 4.69) is 4.98 Å². The standard InChI is InChI=1S/C15H17NO2S/c1-3-13(17)12-9-8-11(10-16-12)19-15-7-5-4-6-14(15)18-2/h4-10,13,17H,3H2,1-2H3/t13-/m1/s1. The molecule has 1 atom stereocenters. The van der Waals surface area contributed by atoms with E-state index in [4.69, 9.17) is 4.74 Å². The maximum absolute atomic E-state index is 9.70. The molecule has 0 aliphatic carbocycles. The fraction of sp³-hybridized carbons (Fsp3) is 0.267. The molecule has 0 bridgehead atoms. The van der Waals surface area contributed by atoms with E-state index >= 15 is 0 Å². The Bertz CT molecular complexity index is 528. The molecule has 1 heterocycles. The number of benzene rings is 1. The van der Waals surface area contributed by atoms with Gasteiger partial charge >= 0.3 is 0 Å². The number of nitrogens with zero attached hydrogens (tertiary/aromatic N) is 1. The molecule has 0 saturated carbocycles. The van der Waals surface area contributed by atoms with Crippen LogP contribution in [0.5, 0.6) is 5.75 Å². The Hall–Kier alpha value is -1.52. The molecule has 4 heteroatoms. The van der Waals surface area contributed by atoms with Crippen LogP contribution < -0.4 is 4.74 Å². The molecule has 0 aliphatic heterocycles. The van der Waals surface area contributed by atoms with Gasteiger partial charge in [-0.3, -0.25) is 4.98 Å². The third-order valence-electron chi connectivity index (χ3n) is 2.78. The van der Waals surface area contributed by atoms with Crippen molar-refractivity contribution in [3.63, 3.8) is 0 Å². The second-order valence-corrected chi connectivity index (χ2v) is 5.21. The van der Waals surface area contributed by atoms with Crippen LogP contribution in [-0.4, -0.2) is 17.2 Å². The molecule has 1 N–H and O–H groups in total. The number of aliphatic hydroxyl groups is 1. The van der Waals surface area contributed by atoms with Gasteiger partial charge in [-0.2, -0.15) is 0 Å². The van der Waals surface area contributed by atoms with Crippen molar-refractivity contribution in [1.29, 1.82) is 0 Å². The van der Waals surface area contributed by atoms with E-state index < -0.39 is 6.10 Å². The number of pyridine rings is 1. The number of ether oxygens (including phenoxy) is 1. The van der Waals surface area contributed by atoms with E-state index in [9.17, 15) is 5.11 Å². The maximum Gasteiger partial charge on any atom is 0.132 e. The Morgan fingerprint density at radius 2 is 2.05 bits per heavy atom. The Balaban J connectivity index is 2.15. The van der Waals surface area contributed by atoms with Gasteiger partial charge in [0.1, 0.15) is 5.75 Å². The molecule has 0 aliphatic rings.